The summed E-state index contributed by atoms with van der Waals surface area (Å²) in [5.74, 6) is 0.924. The van der Waals surface area contributed by atoms with E-state index in [2.05, 4.69) is 59.4 Å². The highest BCUT2D eigenvalue weighted by Gasteiger charge is 2.09. The average Bonchev–Trinajstić information content (AvgIpc) is 2.68. The smallest absolute Gasteiger partial charge is 0.169 e. The van der Waals surface area contributed by atoms with Crippen molar-refractivity contribution < 1.29 is 4.42 Å². The van der Waals surface area contributed by atoms with E-state index in [4.69, 9.17) is 4.42 Å². The highest BCUT2D eigenvalue weighted by Crippen LogP contribution is 2.23. The largest absolute Gasteiger partial charge is 0.452 e. The fraction of sp³-hybridized carbons (Fsp3) is 0.231. The van der Waals surface area contributed by atoms with Gasteiger partial charge < -0.3 is 9.73 Å². The van der Waals surface area contributed by atoms with Gasteiger partial charge in [-0.3, -0.25) is 0 Å². The van der Waals surface area contributed by atoms with Crippen LogP contribution in [-0.2, 0) is 0 Å². The summed E-state index contributed by atoms with van der Waals surface area (Å²) in [6.07, 6.45) is 0. The van der Waals surface area contributed by atoms with E-state index in [9.17, 15) is 0 Å². The van der Waals surface area contributed by atoms with Gasteiger partial charge in [-0.05, 0) is 54.0 Å². The Bertz CT molecular complexity index is 461. The molecule has 0 saturated heterocycles. The first-order chi connectivity index (χ1) is 7.65. The first-order valence-electron chi connectivity index (χ1n) is 5.23. The molecule has 16 heavy (non-hydrogen) atoms. The Morgan fingerprint density at radius 1 is 1.12 bits per heavy atom. The van der Waals surface area contributed by atoms with Crippen LogP contribution >= 0.6 is 15.9 Å². The van der Waals surface area contributed by atoms with Crippen molar-refractivity contribution >= 4 is 21.6 Å². The van der Waals surface area contributed by atoms with Gasteiger partial charge in [0.2, 0.25) is 0 Å². The number of rotatable bonds is 3. The van der Waals surface area contributed by atoms with E-state index >= 15 is 0 Å². The third-order valence-electron chi connectivity index (χ3n) is 2.46. The third-order valence-corrected chi connectivity index (χ3v) is 2.88. The molecule has 0 aliphatic carbocycles. The first kappa shape index (κ1) is 11.3. The second kappa shape index (κ2) is 4.74. The Balaban J connectivity index is 2.07. The Hall–Kier alpha value is -1.22. The molecule has 1 heterocycles. The van der Waals surface area contributed by atoms with Crippen molar-refractivity contribution in [3.63, 3.8) is 0 Å². The van der Waals surface area contributed by atoms with Crippen LogP contribution in [0.2, 0.25) is 0 Å². The topological polar surface area (TPSA) is 25.2 Å². The summed E-state index contributed by atoms with van der Waals surface area (Å²) in [6, 6.07) is 12.4. The third kappa shape index (κ3) is 2.67. The molecule has 0 amide bonds. The van der Waals surface area contributed by atoms with Gasteiger partial charge in [0, 0.05) is 5.69 Å². The summed E-state index contributed by atoms with van der Waals surface area (Å²) in [5, 5.41) is 3.38. The normalized spacial score (nSPS) is 12.4. The number of anilines is 1. The maximum Gasteiger partial charge on any atom is 0.169 e. The summed E-state index contributed by atoms with van der Waals surface area (Å²) in [5.41, 5.74) is 2.37. The minimum absolute atomic E-state index is 0.161. The first-order valence-corrected chi connectivity index (χ1v) is 6.03. The van der Waals surface area contributed by atoms with Crippen LogP contribution < -0.4 is 5.32 Å². The van der Waals surface area contributed by atoms with Crippen molar-refractivity contribution in [3.8, 4) is 0 Å². The number of benzene rings is 1. The fourth-order valence-corrected chi connectivity index (χ4v) is 1.85. The van der Waals surface area contributed by atoms with Gasteiger partial charge in [0.15, 0.2) is 4.67 Å². The highest BCUT2D eigenvalue weighted by molar-refractivity contribution is 9.10. The molecule has 0 fully saturated rings. The molecule has 0 bridgehead atoms. The lowest BCUT2D eigenvalue weighted by Crippen LogP contribution is -2.05. The van der Waals surface area contributed by atoms with Crippen LogP contribution in [0, 0.1) is 6.92 Å². The van der Waals surface area contributed by atoms with E-state index in [1.807, 2.05) is 12.1 Å². The summed E-state index contributed by atoms with van der Waals surface area (Å²) in [6.45, 7) is 4.15. The summed E-state index contributed by atoms with van der Waals surface area (Å²) in [4.78, 5) is 0. The number of hydrogen-bond donors (Lipinski definition) is 1. The maximum absolute atomic E-state index is 5.50. The van der Waals surface area contributed by atoms with E-state index < -0.39 is 0 Å². The predicted octanol–water partition coefficient (Wildman–Crippen LogP) is 4.52. The summed E-state index contributed by atoms with van der Waals surface area (Å²) in [7, 11) is 0. The molecule has 0 spiro atoms. The molecule has 1 unspecified atom stereocenters. The molecule has 3 heteroatoms. The zero-order valence-corrected chi connectivity index (χ0v) is 10.9. The van der Waals surface area contributed by atoms with E-state index in [1.165, 1.54) is 5.56 Å². The van der Waals surface area contributed by atoms with Crippen molar-refractivity contribution in [3.05, 3.63) is 52.4 Å². The van der Waals surface area contributed by atoms with E-state index in [-0.39, 0.29) is 6.04 Å². The van der Waals surface area contributed by atoms with Gasteiger partial charge in [0.25, 0.3) is 0 Å². The van der Waals surface area contributed by atoms with Gasteiger partial charge >= 0.3 is 0 Å². The van der Waals surface area contributed by atoms with Gasteiger partial charge in [-0.25, -0.2) is 0 Å². The molecule has 0 aliphatic rings. The molecule has 1 aromatic carbocycles. The minimum atomic E-state index is 0.161. The molecule has 1 N–H and O–H groups in total. The van der Waals surface area contributed by atoms with Crippen LogP contribution in [0.1, 0.15) is 24.3 Å². The number of hydrogen-bond acceptors (Lipinski definition) is 2. The molecule has 0 aliphatic heterocycles. The zero-order chi connectivity index (χ0) is 11.5. The van der Waals surface area contributed by atoms with Crippen LogP contribution in [0.3, 0.4) is 0 Å². The van der Waals surface area contributed by atoms with Gasteiger partial charge in [0.05, 0.1) is 6.04 Å². The SMILES string of the molecule is Cc1ccc(NC(C)c2ccc(Br)o2)cc1. The second-order valence-corrected chi connectivity index (χ2v) is 4.66. The molecule has 84 valence electrons. The van der Waals surface area contributed by atoms with Crippen molar-refractivity contribution in [1.29, 1.82) is 0 Å². The van der Waals surface area contributed by atoms with Crippen molar-refractivity contribution in [2.24, 2.45) is 0 Å². The molecule has 1 atom stereocenters. The van der Waals surface area contributed by atoms with Crippen molar-refractivity contribution in [2.45, 2.75) is 19.9 Å². The van der Waals surface area contributed by atoms with Crippen LogP contribution in [0.4, 0.5) is 5.69 Å². The lowest BCUT2D eigenvalue weighted by molar-refractivity contribution is 0.471. The summed E-state index contributed by atoms with van der Waals surface area (Å²) >= 11 is 3.30. The molecular formula is C13H14BrNO. The Labute approximate surface area is 104 Å². The van der Waals surface area contributed by atoms with Crippen LogP contribution in [-0.4, -0.2) is 0 Å². The van der Waals surface area contributed by atoms with Crippen LogP contribution in [0.5, 0.6) is 0 Å². The molecule has 2 rings (SSSR count). The number of halogens is 1. The fourth-order valence-electron chi connectivity index (χ4n) is 1.53. The van der Waals surface area contributed by atoms with Gasteiger partial charge in [0.1, 0.15) is 5.76 Å². The molecule has 1 aromatic heterocycles. The molecule has 2 aromatic rings. The lowest BCUT2D eigenvalue weighted by Gasteiger charge is -2.12. The Morgan fingerprint density at radius 2 is 1.81 bits per heavy atom. The van der Waals surface area contributed by atoms with Crippen molar-refractivity contribution in [1.82, 2.24) is 0 Å². The summed E-state index contributed by atoms with van der Waals surface area (Å²) < 4.78 is 6.26. The van der Waals surface area contributed by atoms with Crippen molar-refractivity contribution in [2.75, 3.05) is 5.32 Å². The average molecular weight is 280 g/mol. The predicted molar refractivity (Wildman–Crippen MR) is 69.6 cm³/mol. The van der Waals surface area contributed by atoms with Crippen LogP contribution in [0.15, 0.2) is 45.5 Å². The van der Waals surface area contributed by atoms with Crippen LogP contribution in [0.25, 0.3) is 0 Å². The number of aryl methyl sites for hydroxylation is 1. The zero-order valence-electron chi connectivity index (χ0n) is 9.33. The van der Waals surface area contributed by atoms with E-state index in [0.29, 0.717) is 0 Å². The van der Waals surface area contributed by atoms with Gasteiger partial charge in [-0.1, -0.05) is 17.7 Å². The lowest BCUT2D eigenvalue weighted by atomic mass is 10.2. The quantitative estimate of drug-likeness (QED) is 0.894. The molecule has 2 nitrogen and oxygen atoms in total. The molecule has 0 radical (unpaired) electrons. The Kier molecular flexibility index (Phi) is 3.34. The van der Waals surface area contributed by atoms with E-state index in [0.717, 1.165) is 16.1 Å². The molecule has 0 saturated carbocycles. The molecular weight excluding hydrogens is 266 g/mol. The van der Waals surface area contributed by atoms with Gasteiger partial charge in [-0.2, -0.15) is 0 Å². The Morgan fingerprint density at radius 3 is 2.38 bits per heavy atom. The van der Waals surface area contributed by atoms with E-state index in [1.54, 1.807) is 0 Å². The maximum atomic E-state index is 5.50. The second-order valence-electron chi connectivity index (χ2n) is 3.87. The highest BCUT2D eigenvalue weighted by atomic mass is 79.9. The number of nitrogens with one attached hydrogen (secondary N) is 1. The number of furan rings is 1. The minimum Gasteiger partial charge on any atom is -0.452 e. The standard InChI is InChI=1S/C13H14BrNO/c1-9-3-5-11(6-4-9)15-10(2)12-7-8-13(14)16-12/h3-8,10,15H,1-2H3. The monoisotopic (exact) mass is 279 g/mol. The van der Waals surface area contributed by atoms with Gasteiger partial charge in [-0.15, -0.1) is 0 Å².